The summed E-state index contributed by atoms with van der Waals surface area (Å²) in [6.07, 6.45) is 1.81. The molecule has 0 amide bonds. The Morgan fingerprint density at radius 2 is 2.23 bits per heavy atom. The van der Waals surface area contributed by atoms with E-state index in [2.05, 4.69) is 15.7 Å². The van der Waals surface area contributed by atoms with E-state index >= 15 is 0 Å². The number of thiophene rings is 1. The number of carbonyl (C=O) groups is 1. The minimum Gasteiger partial charge on any atom is -0.465 e. The normalized spacial score (nSPS) is 10.4. The molecule has 0 fully saturated rings. The van der Waals surface area contributed by atoms with Crippen molar-refractivity contribution in [3.05, 3.63) is 34.0 Å². The molecule has 0 aliphatic rings. The van der Waals surface area contributed by atoms with Gasteiger partial charge in [-0.05, 0) is 32.1 Å². The average molecular weight is 338 g/mol. The van der Waals surface area contributed by atoms with E-state index in [1.54, 1.807) is 12.3 Å². The van der Waals surface area contributed by atoms with Crippen molar-refractivity contribution in [3.63, 3.8) is 0 Å². The maximum absolute atomic E-state index is 11.7. The summed E-state index contributed by atoms with van der Waals surface area (Å²) >= 11 is 6.74. The van der Waals surface area contributed by atoms with Crippen molar-refractivity contribution in [1.29, 1.82) is 0 Å². The summed E-state index contributed by atoms with van der Waals surface area (Å²) in [7, 11) is 3.26. The van der Waals surface area contributed by atoms with Crippen LogP contribution in [0.3, 0.4) is 0 Å². The molecule has 0 saturated carbocycles. The number of hydrogen-bond donors (Lipinski definition) is 2. The molecule has 22 heavy (non-hydrogen) atoms. The minimum atomic E-state index is -0.377. The number of methoxy groups -OCH3 is 1. The quantitative estimate of drug-likeness (QED) is 0.659. The topological polar surface area (TPSA) is 68.2 Å². The Morgan fingerprint density at radius 3 is 2.82 bits per heavy atom. The van der Waals surface area contributed by atoms with E-state index in [9.17, 15) is 4.79 Å². The number of hydrogen-bond acceptors (Lipinski definition) is 5. The van der Waals surface area contributed by atoms with Crippen molar-refractivity contribution in [1.82, 2.24) is 15.1 Å². The van der Waals surface area contributed by atoms with E-state index in [0.717, 1.165) is 16.1 Å². The molecular formula is C14H18N4O2S2. The van der Waals surface area contributed by atoms with Gasteiger partial charge in [-0.15, -0.1) is 11.3 Å². The third-order valence-corrected chi connectivity index (χ3v) is 4.48. The van der Waals surface area contributed by atoms with Crippen LogP contribution in [0.25, 0.3) is 0 Å². The number of ether oxygens (including phenoxy) is 1. The van der Waals surface area contributed by atoms with Gasteiger partial charge in [0.25, 0.3) is 0 Å². The molecular weight excluding hydrogens is 320 g/mol. The summed E-state index contributed by atoms with van der Waals surface area (Å²) in [6, 6.07) is 1.78. The van der Waals surface area contributed by atoms with Crippen LogP contribution in [0.15, 0.2) is 12.3 Å². The molecule has 0 spiro atoms. The standard InChI is InChI=1S/C14H18N4O2S2/c1-8-5-11(13(19)20-4)12(22-8)17-14(21)15-6-10-7-16-18(3)9(10)2/h5,7H,6H2,1-4H3,(H2,15,17,21). The summed E-state index contributed by atoms with van der Waals surface area (Å²) in [5.74, 6) is -0.377. The van der Waals surface area contributed by atoms with E-state index in [1.165, 1.54) is 18.4 Å². The van der Waals surface area contributed by atoms with Gasteiger partial charge in [0.1, 0.15) is 5.00 Å². The average Bonchev–Trinajstić information content (AvgIpc) is 3.00. The van der Waals surface area contributed by atoms with E-state index in [-0.39, 0.29) is 5.97 Å². The number of anilines is 1. The molecule has 2 aromatic heterocycles. The van der Waals surface area contributed by atoms with Gasteiger partial charge in [-0.3, -0.25) is 4.68 Å². The van der Waals surface area contributed by atoms with Gasteiger partial charge in [-0.25, -0.2) is 4.79 Å². The number of aryl methyl sites for hydroxylation is 2. The fraction of sp³-hybridized carbons (Fsp3) is 0.357. The summed E-state index contributed by atoms with van der Waals surface area (Å²) < 4.78 is 6.58. The Morgan fingerprint density at radius 1 is 1.50 bits per heavy atom. The van der Waals surface area contributed by atoms with Crippen molar-refractivity contribution in [2.45, 2.75) is 20.4 Å². The lowest BCUT2D eigenvalue weighted by Gasteiger charge is -2.10. The minimum absolute atomic E-state index is 0.377. The van der Waals surface area contributed by atoms with Gasteiger partial charge in [0, 0.05) is 29.7 Å². The van der Waals surface area contributed by atoms with E-state index in [0.29, 0.717) is 22.2 Å². The van der Waals surface area contributed by atoms with Crippen LogP contribution in [-0.2, 0) is 18.3 Å². The van der Waals surface area contributed by atoms with Crippen molar-refractivity contribution in [2.24, 2.45) is 7.05 Å². The predicted molar refractivity (Wildman–Crippen MR) is 91.4 cm³/mol. The second-order valence-electron chi connectivity index (χ2n) is 4.78. The van der Waals surface area contributed by atoms with Gasteiger partial charge < -0.3 is 15.4 Å². The first kappa shape index (κ1) is 16.4. The highest BCUT2D eigenvalue weighted by molar-refractivity contribution is 7.80. The highest BCUT2D eigenvalue weighted by Gasteiger charge is 2.16. The van der Waals surface area contributed by atoms with Gasteiger partial charge in [-0.1, -0.05) is 0 Å². The Kier molecular flexibility index (Phi) is 5.15. The molecule has 0 atom stereocenters. The maximum atomic E-state index is 11.7. The van der Waals surface area contributed by atoms with Gasteiger partial charge in [0.05, 0.1) is 18.9 Å². The molecule has 0 aliphatic heterocycles. The number of nitrogens with zero attached hydrogens (tertiary/aromatic N) is 2. The first-order valence-electron chi connectivity index (χ1n) is 6.63. The molecule has 6 nitrogen and oxygen atoms in total. The number of aromatic nitrogens is 2. The maximum Gasteiger partial charge on any atom is 0.340 e. The summed E-state index contributed by atoms with van der Waals surface area (Å²) in [5, 5.41) is 11.5. The third kappa shape index (κ3) is 3.63. The smallest absolute Gasteiger partial charge is 0.340 e. The number of thiocarbonyl (C=S) groups is 1. The second-order valence-corrected chi connectivity index (χ2v) is 6.44. The lowest BCUT2D eigenvalue weighted by Crippen LogP contribution is -2.28. The molecule has 2 aromatic rings. The lowest BCUT2D eigenvalue weighted by molar-refractivity contribution is 0.0602. The SMILES string of the molecule is COC(=O)c1cc(C)sc1NC(=S)NCc1cnn(C)c1C. The molecule has 2 heterocycles. The molecule has 8 heteroatoms. The first-order valence-corrected chi connectivity index (χ1v) is 7.86. The largest absolute Gasteiger partial charge is 0.465 e. The van der Waals surface area contributed by atoms with Crippen LogP contribution in [0.1, 0.15) is 26.5 Å². The molecule has 0 saturated heterocycles. The van der Waals surface area contributed by atoms with Crippen LogP contribution in [0.2, 0.25) is 0 Å². The Labute approximate surface area is 138 Å². The van der Waals surface area contributed by atoms with Crippen LogP contribution >= 0.6 is 23.6 Å². The van der Waals surface area contributed by atoms with Crippen LogP contribution in [0.5, 0.6) is 0 Å². The third-order valence-electron chi connectivity index (χ3n) is 3.26. The summed E-state index contributed by atoms with van der Waals surface area (Å²) in [4.78, 5) is 12.7. The number of rotatable bonds is 4. The first-order chi connectivity index (χ1) is 10.4. The van der Waals surface area contributed by atoms with Gasteiger partial charge >= 0.3 is 5.97 Å². The molecule has 0 unspecified atom stereocenters. The Bertz CT molecular complexity index is 706. The lowest BCUT2D eigenvalue weighted by atomic mass is 10.2. The molecule has 0 bridgehead atoms. The highest BCUT2D eigenvalue weighted by atomic mass is 32.1. The zero-order valence-corrected chi connectivity index (χ0v) is 14.5. The predicted octanol–water partition coefficient (Wildman–Crippen LogP) is 2.37. The van der Waals surface area contributed by atoms with Gasteiger partial charge in [0.2, 0.25) is 0 Å². The number of nitrogens with one attached hydrogen (secondary N) is 2. The fourth-order valence-electron chi connectivity index (χ4n) is 1.91. The van der Waals surface area contributed by atoms with Gasteiger partial charge in [0.15, 0.2) is 5.11 Å². The zero-order chi connectivity index (χ0) is 16.3. The van der Waals surface area contributed by atoms with Crippen LogP contribution in [0, 0.1) is 13.8 Å². The Balaban J connectivity index is 2.00. The van der Waals surface area contributed by atoms with Crippen molar-refractivity contribution < 1.29 is 9.53 Å². The number of carbonyl (C=O) groups excluding carboxylic acids is 1. The van der Waals surface area contributed by atoms with E-state index in [1.807, 2.05) is 25.6 Å². The van der Waals surface area contributed by atoms with Crippen LogP contribution < -0.4 is 10.6 Å². The number of esters is 1. The Hall–Kier alpha value is -1.93. The second kappa shape index (κ2) is 6.89. The van der Waals surface area contributed by atoms with E-state index < -0.39 is 0 Å². The van der Waals surface area contributed by atoms with E-state index in [4.69, 9.17) is 17.0 Å². The van der Waals surface area contributed by atoms with Crippen LogP contribution in [0.4, 0.5) is 5.00 Å². The monoisotopic (exact) mass is 338 g/mol. The summed E-state index contributed by atoms with van der Waals surface area (Å²) in [5.41, 5.74) is 2.64. The molecule has 0 radical (unpaired) electrons. The van der Waals surface area contributed by atoms with Crippen molar-refractivity contribution in [3.8, 4) is 0 Å². The van der Waals surface area contributed by atoms with Gasteiger partial charge in [-0.2, -0.15) is 5.10 Å². The fourth-order valence-corrected chi connectivity index (χ4v) is 3.05. The highest BCUT2D eigenvalue weighted by Crippen LogP contribution is 2.28. The molecule has 2 rings (SSSR count). The molecule has 0 aromatic carbocycles. The van der Waals surface area contributed by atoms with Crippen molar-refractivity contribution >= 4 is 39.6 Å². The summed E-state index contributed by atoms with van der Waals surface area (Å²) in [6.45, 7) is 4.50. The van der Waals surface area contributed by atoms with Crippen LogP contribution in [-0.4, -0.2) is 28.0 Å². The zero-order valence-electron chi connectivity index (χ0n) is 12.9. The molecule has 2 N–H and O–H groups in total. The van der Waals surface area contributed by atoms with Crippen molar-refractivity contribution in [2.75, 3.05) is 12.4 Å². The molecule has 0 aliphatic carbocycles. The molecule has 118 valence electrons.